The first kappa shape index (κ1) is 18.7. The van der Waals surface area contributed by atoms with Gasteiger partial charge in [0.1, 0.15) is 0 Å². The third-order valence-corrected chi connectivity index (χ3v) is 7.23. The predicted molar refractivity (Wildman–Crippen MR) is 114 cm³/mol. The first-order valence-electron chi connectivity index (χ1n) is 11.0. The van der Waals surface area contributed by atoms with E-state index >= 15 is 0 Å². The molecule has 2 bridgehead atoms. The van der Waals surface area contributed by atoms with Crippen molar-refractivity contribution >= 4 is 22.7 Å². The van der Waals surface area contributed by atoms with Gasteiger partial charge in [0.15, 0.2) is 0 Å². The Morgan fingerprint density at radius 3 is 2.59 bits per heavy atom. The van der Waals surface area contributed by atoms with Gasteiger partial charge in [-0.2, -0.15) is 0 Å². The van der Waals surface area contributed by atoms with E-state index in [1.165, 1.54) is 6.42 Å². The van der Waals surface area contributed by atoms with Gasteiger partial charge in [0.25, 0.3) is 11.8 Å². The topological polar surface area (TPSA) is 56.4 Å². The molecule has 2 aliphatic heterocycles. The number of likely N-dealkylation sites (tertiary alicyclic amines) is 2. The van der Waals surface area contributed by atoms with E-state index in [0.717, 1.165) is 56.2 Å². The minimum absolute atomic E-state index is 0.0737. The van der Waals surface area contributed by atoms with E-state index in [2.05, 4.69) is 30.7 Å². The summed E-state index contributed by atoms with van der Waals surface area (Å²) in [7, 11) is 0. The number of carbonyl (C=O) groups excluding carboxylic acids is 2. The molecule has 2 saturated heterocycles. The summed E-state index contributed by atoms with van der Waals surface area (Å²) in [5.74, 6) is 0.184. The van der Waals surface area contributed by atoms with Crippen LogP contribution in [0, 0.1) is 10.8 Å². The summed E-state index contributed by atoms with van der Waals surface area (Å²) in [6.45, 7) is 9.48. The van der Waals surface area contributed by atoms with Crippen LogP contribution in [0.4, 0.5) is 0 Å². The largest absolute Gasteiger partial charge is 0.360 e. The lowest BCUT2D eigenvalue weighted by atomic mass is 9.65. The van der Waals surface area contributed by atoms with Gasteiger partial charge in [-0.1, -0.05) is 20.8 Å². The van der Waals surface area contributed by atoms with Crippen molar-refractivity contribution in [3.8, 4) is 0 Å². The van der Waals surface area contributed by atoms with Gasteiger partial charge < -0.3 is 14.8 Å². The molecule has 2 unspecified atom stereocenters. The normalized spacial score (nSPS) is 28.3. The summed E-state index contributed by atoms with van der Waals surface area (Å²) < 4.78 is 0. The Morgan fingerprint density at radius 2 is 1.83 bits per heavy atom. The second-order valence-corrected chi connectivity index (χ2v) is 10.6. The molecule has 0 radical (unpaired) electrons. The van der Waals surface area contributed by atoms with Crippen molar-refractivity contribution in [1.82, 2.24) is 14.8 Å². The number of nitrogens with one attached hydrogen (secondary N) is 1. The summed E-state index contributed by atoms with van der Waals surface area (Å²) >= 11 is 0. The number of rotatable bonds is 2. The van der Waals surface area contributed by atoms with Gasteiger partial charge in [-0.25, -0.2) is 0 Å². The molecule has 1 N–H and O–H groups in total. The van der Waals surface area contributed by atoms with Crippen molar-refractivity contribution in [2.24, 2.45) is 10.8 Å². The van der Waals surface area contributed by atoms with Crippen molar-refractivity contribution in [3.05, 3.63) is 35.5 Å². The van der Waals surface area contributed by atoms with E-state index in [4.69, 9.17) is 0 Å². The quantitative estimate of drug-likeness (QED) is 0.820. The van der Waals surface area contributed by atoms with Crippen LogP contribution in [0.2, 0.25) is 0 Å². The van der Waals surface area contributed by atoms with Crippen LogP contribution < -0.4 is 0 Å². The summed E-state index contributed by atoms with van der Waals surface area (Å²) in [5, 5.41) is 0.862. The molecule has 1 aliphatic carbocycles. The van der Waals surface area contributed by atoms with Gasteiger partial charge in [-0.05, 0) is 61.1 Å². The van der Waals surface area contributed by atoms with E-state index in [1.54, 1.807) is 6.20 Å². The maximum Gasteiger partial charge on any atom is 0.256 e. The molecule has 2 amide bonds. The molecule has 2 atom stereocenters. The first-order valence-corrected chi connectivity index (χ1v) is 11.0. The molecule has 2 aromatic rings. The van der Waals surface area contributed by atoms with Crippen molar-refractivity contribution in [3.63, 3.8) is 0 Å². The van der Waals surface area contributed by atoms with E-state index in [1.807, 2.05) is 23.1 Å². The van der Waals surface area contributed by atoms with Gasteiger partial charge in [-0.15, -0.1) is 0 Å². The van der Waals surface area contributed by atoms with Crippen molar-refractivity contribution < 1.29 is 9.59 Å². The maximum atomic E-state index is 13.5. The molecular formula is C24H31N3O2. The number of hydrogen-bond acceptors (Lipinski definition) is 2. The average Bonchev–Trinajstić information content (AvgIpc) is 3.37. The Labute approximate surface area is 172 Å². The first-order chi connectivity index (χ1) is 13.7. The molecular weight excluding hydrogens is 362 g/mol. The van der Waals surface area contributed by atoms with E-state index in [-0.39, 0.29) is 22.6 Å². The Kier molecular flexibility index (Phi) is 4.10. The van der Waals surface area contributed by atoms with Gasteiger partial charge >= 0.3 is 0 Å². The highest BCUT2D eigenvalue weighted by molar-refractivity contribution is 6.09. The highest BCUT2D eigenvalue weighted by Gasteiger charge is 2.51. The number of benzene rings is 1. The van der Waals surface area contributed by atoms with Crippen LogP contribution >= 0.6 is 0 Å². The molecule has 3 heterocycles. The molecule has 3 fully saturated rings. The highest BCUT2D eigenvalue weighted by atomic mass is 16.2. The van der Waals surface area contributed by atoms with Crippen LogP contribution in [0.15, 0.2) is 24.4 Å². The third kappa shape index (κ3) is 3.15. The van der Waals surface area contributed by atoms with Crippen molar-refractivity contribution in [1.29, 1.82) is 0 Å². The molecule has 1 saturated carbocycles. The molecule has 5 rings (SSSR count). The van der Waals surface area contributed by atoms with Crippen LogP contribution in [0.1, 0.15) is 73.6 Å². The number of H-pyrrole nitrogens is 1. The molecule has 29 heavy (non-hydrogen) atoms. The smallest absolute Gasteiger partial charge is 0.256 e. The van der Waals surface area contributed by atoms with E-state index in [9.17, 15) is 9.59 Å². The number of aromatic amines is 1. The fraction of sp³-hybridized carbons (Fsp3) is 0.583. The van der Waals surface area contributed by atoms with Gasteiger partial charge in [0.05, 0.1) is 5.56 Å². The zero-order valence-electron chi connectivity index (χ0n) is 17.8. The highest BCUT2D eigenvalue weighted by Crippen LogP contribution is 2.52. The predicted octanol–water partition coefficient (Wildman–Crippen LogP) is 4.44. The van der Waals surface area contributed by atoms with Gasteiger partial charge in [0, 0.05) is 48.3 Å². The second kappa shape index (κ2) is 6.35. The van der Waals surface area contributed by atoms with Gasteiger partial charge in [0.2, 0.25) is 0 Å². The van der Waals surface area contributed by atoms with Crippen LogP contribution in [-0.4, -0.2) is 52.3 Å². The summed E-state index contributed by atoms with van der Waals surface area (Å²) in [4.78, 5) is 33.6. The molecule has 0 spiro atoms. The van der Waals surface area contributed by atoms with Crippen LogP contribution in [0.3, 0.4) is 0 Å². The maximum absolute atomic E-state index is 13.5. The number of amides is 2. The fourth-order valence-corrected chi connectivity index (χ4v) is 6.38. The molecule has 1 aromatic carbocycles. The molecule has 3 aliphatic rings. The third-order valence-electron chi connectivity index (χ3n) is 7.23. The van der Waals surface area contributed by atoms with Crippen molar-refractivity contribution in [2.45, 2.75) is 58.9 Å². The van der Waals surface area contributed by atoms with Crippen LogP contribution in [0.25, 0.3) is 10.9 Å². The van der Waals surface area contributed by atoms with Crippen LogP contribution in [-0.2, 0) is 0 Å². The number of nitrogens with zero attached hydrogens (tertiary/aromatic N) is 2. The van der Waals surface area contributed by atoms with Gasteiger partial charge in [-0.3, -0.25) is 9.59 Å². The summed E-state index contributed by atoms with van der Waals surface area (Å²) in [6, 6.07) is 6.09. The molecule has 1 aromatic heterocycles. The molecule has 5 nitrogen and oxygen atoms in total. The lowest BCUT2D eigenvalue weighted by molar-refractivity contribution is 0.0707. The number of carbonyl (C=O) groups is 2. The fourth-order valence-electron chi connectivity index (χ4n) is 6.38. The number of hydrogen-bond donors (Lipinski definition) is 1. The summed E-state index contributed by atoms with van der Waals surface area (Å²) in [5.41, 5.74) is 2.80. The monoisotopic (exact) mass is 393 g/mol. The lowest BCUT2D eigenvalue weighted by Crippen LogP contribution is -2.37. The Bertz CT molecular complexity index is 985. The van der Waals surface area contributed by atoms with Crippen molar-refractivity contribution in [2.75, 3.05) is 19.6 Å². The Hall–Kier alpha value is -2.30. The minimum atomic E-state index is 0.0737. The molecule has 154 valence electrons. The zero-order valence-corrected chi connectivity index (χ0v) is 17.8. The molecule has 5 heteroatoms. The SMILES string of the molecule is CC1(C)CC2CC(C)(CN2C(=O)c2ccc3[nH]cc(C(=O)N4CCCC4)c3c2)C1. The van der Waals surface area contributed by atoms with E-state index in [0.29, 0.717) is 17.2 Å². The van der Waals surface area contributed by atoms with E-state index < -0.39 is 0 Å². The Balaban J connectivity index is 1.45. The zero-order chi connectivity index (χ0) is 20.4. The standard InChI is InChI=1S/C24H31N3O2/c1-23(2)11-17-12-24(3,14-23)15-27(17)21(28)16-6-7-20-18(10-16)19(13-25-20)22(29)26-8-4-5-9-26/h6-7,10,13,17,25H,4-5,8-9,11-12,14-15H2,1-3H3. The number of fused-ring (bicyclic) bond motifs is 3. The average molecular weight is 394 g/mol. The van der Waals surface area contributed by atoms with Crippen LogP contribution in [0.5, 0.6) is 0 Å². The second-order valence-electron chi connectivity index (χ2n) is 10.6. The minimum Gasteiger partial charge on any atom is -0.360 e. The Morgan fingerprint density at radius 1 is 1.07 bits per heavy atom. The summed E-state index contributed by atoms with van der Waals surface area (Å²) in [6.07, 6.45) is 7.29. The lowest BCUT2D eigenvalue weighted by Gasteiger charge is -2.39. The number of aromatic nitrogens is 1.